The first-order chi connectivity index (χ1) is 13.2. The van der Waals surface area contributed by atoms with Crippen LogP contribution in [0, 0.1) is 0 Å². The van der Waals surface area contributed by atoms with E-state index < -0.39 is 11.7 Å². The van der Waals surface area contributed by atoms with Gasteiger partial charge in [-0.1, -0.05) is 17.7 Å². The van der Waals surface area contributed by atoms with Gasteiger partial charge in [-0.15, -0.1) is 0 Å². The standard InChI is InChI=1S/C19H20ClF3N4O/c1-13(18(28)25-17-6-5-15(20)12-24-17)26-7-9-27(10-8-26)16-4-2-3-14(11-16)19(21,22)23/h2-6,11-13H,7-10H2,1H3,(H,24,25,28)/t13-/m0/s1. The zero-order valence-electron chi connectivity index (χ0n) is 15.2. The van der Waals surface area contributed by atoms with Gasteiger partial charge in [0.25, 0.3) is 0 Å². The number of halogens is 4. The molecule has 2 heterocycles. The Balaban J connectivity index is 1.57. The second-order valence-electron chi connectivity index (χ2n) is 6.60. The molecule has 1 fully saturated rings. The molecule has 0 aliphatic carbocycles. The smallest absolute Gasteiger partial charge is 0.369 e. The van der Waals surface area contributed by atoms with Crippen molar-refractivity contribution in [1.82, 2.24) is 9.88 Å². The van der Waals surface area contributed by atoms with Crippen LogP contribution in [-0.2, 0) is 11.0 Å². The largest absolute Gasteiger partial charge is 0.416 e. The molecular formula is C19H20ClF3N4O. The van der Waals surface area contributed by atoms with Gasteiger partial charge in [0, 0.05) is 38.1 Å². The van der Waals surface area contributed by atoms with Crippen molar-refractivity contribution in [3.05, 3.63) is 53.2 Å². The number of amides is 1. The first-order valence-corrected chi connectivity index (χ1v) is 9.20. The van der Waals surface area contributed by atoms with Crippen LogP contribution >= 0.6 is 11.6 Å². The first kappa shape index (κ1) is 20.4. The number of nitrogens with zero attached hydrogens (tertiary/aromatic N) is 3. The lowest BCUT2D eigenvalue weighted by Crippen LogP contribution is -2.52. The first-order valence-electron chi connectivity index (χ1n) is 8.83. The summed E-state index contributed by atoms with van der Waals surface area (Å²) in [6, 6.07) is 8.20. The Hall–Kier alpha value is -2.32. The lowest BCUT2D eigenvalue weighted by molar-refractivity contribution is -0.137. The molecule has 0 spiro atoms. The molecule has 1 amide bonds. The molecule has 0 unspecified atom stereocenters. The van der Waals surface area contributed by atoms with E-state index in [0.29, 0.717) is 42.7 Å². The van der Waals surface area contributed by atoms with Crippen molar-refractivity contribution in [1.29, 1.82) is 0 Å². The number of hydrogen-bond acceptors (Lipinski definition) is 4. The summed E-state index contributed by atoms with van der Waals surface area (Å²) in [5, 5.41) is 3.23. The van der Waals surface area contributed by atoms with Crippen molar-refractivity contribution in [3.63, 3.8) is 0 Å². The minimum atomic E-state index is -4.36. The molecule has 1 aromatic heterocycles. The fraction of sp³-hybridized carbons (Fsp3) is 0.368. The minimum absolute atomic E-state index is 0.192. The molecule has 1 N–H and O–H groups in total. The van der Waals surface area contributed by atoms with E-state index >= 15 is 0 Å². The zero-order valence-corrected chi connectivity index (χ0v) is 16.0. The third-order valence-electron chi connectivity index (χ3n) is 4.76. The number of nitrogens with one attached hydrogen (secondary N) is 1. The molecule has 0 saturated carbocycles. The van der Waals surface area contributed by atoms with Crippen molar-refractivity contribution in [2.24, 2.45) is 0 Å². The van der Waals surface area contributed by atoms with E-state index in [0.717, 1.165) is 12.1 Å². The SMILES string of the molecule is C[C@@H](C(=O)Nc1ccc(Cl)cn1)N1CCN(c2cccc(C(F)(F)F)c2)CC1. The fourth-order valence-electron chi connectivity index (χ4n) is 3.09. The Kier molecular flexibility index (Phi) is 6.10. The van der Waals surface area contributed by atoms with Gasteiger partial charge in [0.05, 0.1) is 16.6 Å². The summed E-state index contributed by atoms with van der Waals surface area (Å²) >= 11 is 5.78. The van der Waals surface area contributed by atoms with Crippen molar-refractivity contribution in [2.45, 2.75) is 19.1 Å². The minimum Gasteiger partial charge on any atom is -0.369 e. The molecule has 9 heteroatoms. The fourth-order valence-corrected chi connectivity index (χ4v) is 3.20. The van der Waals surface area contributed by atoms with E-state index in [4.69, 9.17) is 11.6 Å². The number of piperazine rings is 1. The second-order valence-corrected chi connectivity index (χ2v) is 7.03. The third-order valence-corrected chi connectivity index (χ3v) is 4.98. The van der Waals surface area contributed by atoms with E-state index in [1.807, 2.05) is 9.80 Å². The average molecular weight is 413 g/mol. The highest BCUT2D eigenvalue weighted by atomic mass is 35.5. The van der Waals surface area contributed by atoms with Gasteiger partial charge >= 0.3 is 6.18 Å². The van der Waals surface area contributed by atoms with Crippen LogP contribution in [-0.4, -0.2) is 48.0 Å². The lowest BCUT2D eigenvalue weighted by Gasteiger charge is -2.38. The Bertz CT molecular complexity index is 821. The summed E-state index contributed by atoms with van der Waals surface area (Å²) in [6.45, 7) is 4.01. The number of carbonyl (C=O) groups excluding carboxylic acids is 1. The molecule has 1 atom stereocenters. The normalized spacial score (nSPS) is 16.7. The van der Waals surface area contributed by atoms with Crippen molar-refractivity contribution in [3.8, 4) is 0 Å². The van der Waals surface area contributed by atoms with Gasteiger partial charge in [0.1, 0.15) is 5.82 Å². The number of hydrogen-bond donors (Lipinski definition) is 1. The van der Waals surface area contributed by atoms with Crippen LogP contribution in [0.15, 0.2) is 42.6 Å². The van der Waals surface area contributed by atoms with Crippen LogP contribution in [0.4, 0.5) is 24.7 Å². The molecule has 28 heavy (non-hydrogen) atoms. The molecule has 1 aliphatic heterocycles. The Morgan fingerprint density at radius 1 is 1.18 bits per heavy atom. The predicted molar refractivity (Wildman–Crippen MR) is 103 cm³/mol. The Morgan fingerprint density at radius 3 is 2.50 bits per heavy atom. The van der Waals surface area contributed by atoms with Gasteiger partial charge in [-0.05, 0) is 37.3 Å². The van der Waals surface area contributed by atoms with Crippen LogP contribution in [0.25, 0.3) is 0 Å². The lowest BCUT2D eigenvalue weighted by atomic mass is 10.1. The molecule has 5 nitrogen and oxygen atoms in total. The molecule has 1 aliphatic rings. The van der Waals surface area contributed by atoms with E-state index in [1.165, 1.54) is 12.3 Å². The summed E-state index contributed by atoms with van der Waals surface area (Å²) < 4.78 is 38.7. The van der Waals surface area contributed by atoms with E-state index in [2.05, 4.69) is 10.3 Å². The maximum Gasteiger partial charge on any atom is 0.416 e. The molecule has 0 bridgehead atoms. The monoisotopic (exact) mass is 412 g/mol. The highest BCUT2D eigenvalue weighted by molar-refractivity contribution is 6.30. The van der Waals surface area contributed by atoms with Crippen LogP contribution in [0.3, 0.4) is 0 Å². The van der Waals surface area contributed by atoms with Crippen LogP contribution in [0.2, 0.25) is 5.02 Å². The molecule has 2 aromatic rings. The number of alkyl halides is 3. The van der Waals surface area contributed by atoms with Crippen molar-refractivity contribution < 1.29 is 18.0 Å². The third kappa shape index (κ3) is 4.94. The molecule has 150 valence electrons. The van der Waals surface area contributed by atoms with Gasteiger partial charge < -0.3 is 10.2 Å². The summed E-state index contributed by atoms with van der Waals surface area (Å²) in [5.41, 5.74) is -0.118. The van der Waals surface area contributed by atoms with E-state index in [1.54, 1.807) is 25.1 Å². The van der Waals surface area contributed by atoms with Gasteiger partial charge in [0.15, 0.2) is 0 Å². The quantitative estimate of drug-likeness (QED) is 0.827. The van der Waals surface area contributed by atoms with Crippen LogP contribution < -0.4 is 10.2 Å². The number of aromatic nitrogens is 1. The molecule has 0 radical (unpaired) electrons. The summed E-state index contributed by atoms with van der Waals surface area (Å²) in [5.74, 6) is 0.228. The van der Waals surface area contributed by atoms with E-state index in [9.17, 15) is 18.0 Å². The number of benzene rings is 1. The Morgan fingerprint density at radius 2 is 1.89 bits per heavy atom. The summed E-state index contributed by atoms with van der Waals surface area (Å²) in [4.78, 5) is 20.4. The van der Waals surface area contributed by atoms with Crippen molar-refractivity contribution >= 4 is 29.0 Å². The maximum absolute atomic E-state index is 12.9. The second kappa shape index (κ2) is 8.36. The molecular weight excluding hydrogens is 393 g/mol. The number of anilines is 2. The van der Waals surface area contributed by atoms with Gasteiger partial charge in [-0.3, -0.25) is 9.69 Å². The van der Waals surface area contributed by atoms with Crippen LogP contribution in [0.5, 0.6) is 0 Å². The highest BCUT2D eigenvalue weighted by Crippen LogP contribution is 2.32. The number of carbonyl (C=O) groups is 1. The highest BCUT2D eigenvalue weighted by Gasteiger charge is 2.31. The maximum atomic E-state index is 12.9. The molecule has 1 saturated heterocycles. The predicted octanol–water partition coefficient (Wildman–Crippen LogP) is 3.90. The molecule has 3 rings (SSSR count). The number of pyridine rings is 1. The van der Waals surface area contributed by atoms with Crippen LogP contribution in [0.1, 0.15) is 12.5 Å². The summed E-state index contributed by atoms with van der Waals surface area (Å²) in [6.07, 6.45) is -2.91. The molecule has 1 aromatic carbocycles. The van der Waals surface area contributed by atoms with Gasteiger partial charge in [-0.2, -0.15) is 13.2 Å². The zero-order chi connectivity index (χ0) is 20.3. The van der Waals surface area contributed by atoms with Gasteiger partial charge in [-0.25, -0.2) is 4.98 Å². The number of rotatable bonds is 4. The van der Waals surface area contributed by atoms with Crippen molar-refractivity contribution in [2.75, 3.05) is 36.4 Å². The summed E-state index contributed by atoms with van der Waals surface area (Å²) in [7, 11) is 0. The van der Waals surface area contributed by atoms with Gasteiger partial charge in [0.2, 0.25) is 5.91 Å². The topological polar surface area (TPSA) is 48.5 Å². The Labute approximate surface area is 166 Å². The average Bonchev–Trinajstić information content (AvgIpc) is 2.69. The van der Waals surface area contributed by atoms with E-state index in [-0.39, 0.29) is 11.9 Å².